The van der Waals surface area contributed by atoms with Gasteiger partial charge in [-0.1, -0.05) is 72.8 Å². The van der Waals surface area contributed by atoms with E-state index in [1.165, 1.54) is 0 Å². The Balaban J connectivity index is 1.59. The third kappa shape index (κ3) is 5.39. The molecule has 5 rings (SSSR count). The van der Waals surface area contributed by atoms with Crippen molar-refractivity contribution in [3.63, 3.8) is 0 Å². The molecule has 0 aliphatic carbocycles. The maximum atomic E-state index is 14.8. The topological polar surface area (TPSA) is 90.4 Å². The minimum atomic E-state index is -1.19. The first-order valence-electron chi connectivity index (χ1n) is 15.6. The highest BCUT2D eigenvalue weighted by Gasteiger charge is 2.78. The van der Waals surface area contributed by atoms with Crippen molar-refractivity contribution in [2.45, 2.75) is 75.9 Å². The monoisotopic (exact) mass is 599 g/mol. The Morgan fingerprint density at radius 2 is 1.61 bits per heavy atom. The number of rotatable bonds is 13. The van der Waals surface area contributed by atoms with Crippen molar-refractivity contribution >= 4 is 17.7 Å². The lowest BCUT2D eigenvalue weighted by Crippen LogP contribution is -2.60. The molecular weight excluding hydrogens is 554 g/mol. The van der Waals surface area contributed by atoms with E-state index in [2.05, 4.69) is 13.2 Å². The Kier molecular flexibility index (Phi) is 9.14. The van der Waals surface area contributed by atoms with Gasteiger partial charge in [0.05, 0.1) is 30.1 Å². The Bertz CT molecular complexity index is 1380. The number of amides is 3. The van der Waals surface area contributed by atoms with Crippen LogP contribution in [0.15, 0.2) is 86.0 Å². The first kappa shape index (κ1) is 31.7. The van der Waals surface area contributed by atoms with Crippen LogP contribution < -0.4 is 0 Å². The van der Waals surface area contributed by atoms with E-state index in [9.17, 15) is 19.5 Å². The molecule has 3 aliphatic heterocycles. The van der Waals surface area contributed by atoms with Crippen LogP contribution in [-0.2, 0) is 32.1 Å². The molecule has 2 aromatic rings. The summed E-state index contributed by atoms with van der Waals surface area (Å²) in [6.45, 7) is 14.2. The van der Waals surface area contributed by atoms with Gasteiger partial charge in [0.2, 0.25) is 17.7 Å². The van der Waals surface area contributed by atoms with Crippen molar-refractivity contribution < 1.29 is 24.2 Å². The summed E-state index contributed by atoms with van der Waals surface area (Å²) in [6.07, 6.45) is 4.76. The lowest BCUT2D eigenvalue weighted by Gasteiger charge is -2.40. The van der Waals surface area contributed by atoms with Crippen LogP contribution in [0.5, 0.6) is 0 Å². The van der Waals surface area contributed by atoms with E-state index in [1.54, 1.807) is 26.9 Å². The number of ether oxygens (including phenoxy) is 1. The van der Waals surface area contributed by atoms with E-state index >= 15 is 0 Å². The number of carbonyl (C=O) groups excluding carboxylic acids is 3. The van der Waals surface area contributed by atoms with Crippen LogP contribution >= 0.6 is 0 Å². The van der Waals surface area contributed by atoms with Crippen LogP contribution in [0.25, 0.3) is 0 Å². The second-order valence-corrected chi connectivity index (χ2v) is 12.9. The van der Waals surface area contributed by atoms with E-state index in [1.807, 2.05) is 81.4 Å². The largest absolute Gasteiger partial charge is 0.394 e. The van der Waals surface area contributed by atoms with Gasteiger partial charge in [0.25, 0.3) is 0 Å². The van der Waals surface area contributed by atoms with Crippen molar-refractivity contribution in [3.05, 3.63) is 97.1 Å². The quantitative estimate of drug-likeness (QED) is 0.352. The Hall–Kier alpha value is -3.75. The smallest absolute Gasteiger partial charge is 0.248 e. The van der Waals surface area contributed by atoms with Gasteiger partial charge >= 0.3 is 0 Å². The maximum absolute atomic E-state index is 14.8. The molecule has 3 aliphatic rings. The highest BCUT2D eigenvalue weighted by molar-refractivity contribution is 5.99. The summed E-state index contributed by atoms with van der Waals surface area (Å²) in [7, 11) is 0. The summed E-state index contributed by atoms with van der Waals surface area (Å²) in [5.41, 5.74) is -0.183. The zero-order valence-corrected chi connectivity index (χ0v) is 26.1. The van der Waals surface area contributed by atoms with Gasteiger partial charge in [0.1, 0.15) is 11.6 Å². The van der Waals surface area contributed by atoms with Crippen LogP contribution in [-0.4, -0.2) is 86.6 Å². The molecule has 8 nitrogen and oxygen atoms in total. The lowest BCUT2D eigenvalue weighted by atomic mass is 9.66. The van der Waals surface area contributed by atoms with E-state index in [4.69, 9.17) is 4.74 Å². The summed E-state index contributed by atoms with van der Waals surface area (Å²) in [6, 6.07) is 17.6. The van der Waals surface area contributed by atoms with Crippen molar-refractivity contribution in [2.24, 2.45) is 11.8 Å². The number of benzene rings is 2. The van der Waals surface area contributed by atoms with Gasteiger partial charge < -0.3 is 24.5 Å². The third-order valence-electron chi connectivity index (χ3n) is 9.74. The molecule has 2 bridgehead atoms. The minimum Gasteiger partial charge on any atom is -0.394 e. The number of aliphatic hydroxyl groups excluding tert-OH is 1. The van der Waals surface area contributed by atoms with Crippen molar-refractivity contribution in [3.8, 4) is 0 Å². The fraction of sp³-hybridized carbons (Fsp3) is 0.472. The molecular formula is C36H45N3O5. The van der Waals surface area contributed by atoms with Crippen molar-refractivity contribution in [2.75, 3.05) is 19.7 Å². The second kappa shape index (κ2) is 12.7. The van der Waals surface area contributed by atoms with E-state index in [0.717, 1.165) is 11.1 Å². The molecule has 3 saturated heterocycles. The number of hydrogen-bond acceptors (Lipinski definition) is 5. The first-order chi connectivity index (χ1) is 21.1. The molecule has 3 heterocycles. The number of nitrogens with zero attached hydrogens (tertiary/aromatic N) is 3. The molecule has 8 heteroatoms. The molecule has 44 heavy (non-hydrogen) atoms. The molecule has 6 atom stereocenters. The van der Waals surface area contributed by atoms with Crippen LogP contribution in [0.4, 0.5) is 0 Å². The van der Waals surface area contributed by atoms with Crippen LogP contribution in [0.3, 0.4) is 0 Å². The molecule has 0 radical (unpaired) electrons. The number of fused-ring (bicyclic) bond motifs is 1. The number of aliphatic hydroxyl groups is 1. The van der Waals surface area contributed by atoms with Crippen LogP contribution in [0, 0.1) is 11.8 Å². The van der Waals surface area contributed by atoms with Crippen LogP contribution in [0.2, 0.25) is 0 Å². The maximum Gasteiger partial charge on any atom is 0.248 e. The predicted octanol–water partition coefficient (Wildman–Crippen LogP) is 3.99. The van der Waals surface area contributed by atoms with Gasteiger partial charge in [-0.15, -0.1) is 13.2 Å². The fourth-order valence-electron chi connectivity index (χ4n) is 7.79. The van der Waals surface area contributed by atoms with Gasteiger partial charge in [-0.3, -0.25) is 14.4 Å². The molecule has 2 unspecified atom stereocenters. The lowest BCUT2D eigenvalue weighted by molar-refractivity contribution is -0.157. The molecule has 3 amide bonds. The average molecular weight is 600 g/mol. The van der Waals surface area contributed by atoms with E-state index in [0.29, 0.717) is 38.9 Å². The SMILES string of the molecule is C=CCN(Cc1ccccc1)C(=O)[C@@H]1[C@H]2C(=O)N([C@@H](CO)Cc3ccccc3)C(C(=O)N(CC=C)C(C)C)C23CC[C@@]1(C)O3. The molecule has 2 aromatic carbocycles. The number of likely N-dealkylation sites (tertiary alicyclic amines) is 1. The molecule has 3 fully saturated rings. The highest BCUT2D eigenvalue weighted by atomic mass is 16.5. The summed E-state index contributed by atoms with van der Waals surface area (Å²) >= 11 is 0. The molecule has 1 spiro atoms. The van der Waals surface area contributed by atoms with Gasteiger partial charge in [-0.2, -0.15) is 0 Å². The fourth-order valence-corrected chi connectivity index (χ4v) is 7.79. The molecule has 0 saturated carbocycles. The average Bonchev–Trinajstić information content (AvgIpc) is 3.59. The highest BCUT2D eigenvalue weighted by Crippen LogP contribution is 2.64. The number of carbonyl (C=O) groups is 3. The minimum absolute atomic E-state index is 0.157. The molecule has 234 valence electrons. The third-order valence-corrected chi connectivity index (χ3v) is 9.74. The van der Waals surface area contributed by atoms with Gasteiger partial charge in [0.15, 0.2) is 0 Å². The molecule has 0 aromatic heterocycles. The van der Waals surface area contributed by atoms with E-state index in [-0.39, 0.29) is 30.4 Å². The van der Waals surface area contributed by atoms with Gasteiger partial charge in [-0.05, 0) is 51.2 Å². The number of hydrogen-bond donors (Lipinski definition) is 1. The van der Waals surface area contributed by atoms with Gasteiger partial charge in [-0.25, -0.2) is 0 Å². The van der Waals surface area contributed by atoms with Crippen molar-refractivity contribution in [1.29, 1.82) is 0 Å². The molecule has 1 N–H and O–H groups in total. The zero-order valence-electron chi connectivity index (χ0n) is 26.1. The zero-order chi connectivity index (χ0) is 31.6. The van der Waals surface area contributed by atoms with Crippen LogP contribution in [0.1, 0.15) is 44.7 Å². The predicted molar refractivity (Wildman–Crippen MR) is 169 cm³/mol. The standard InChI is InChI=1S/C36H45N3O5/c1-6-20-37(23-27-16-12-9-13-17-27)32(41)29-30-33(42)39(28(24-40)22-26-14-10-8-11-15-26)31(34(43)38(21-7-2)25(3)4)36(30)19-18-35(29,5)44-36/h6-17,25,28-31,40H,1-2,18-24H2,3-5H3/t28-,29+,30+,31?,35-,36?/m1/s1. The summed E-state index contributed by atoms with van der Waals surface area (Å²) in [5.74, 6) is -2.36. The first-order valence-corrected chi connectivity index (χ1v) is 15.6. The summed E-state index contributed by atoms with van der Waals surface area (Å²) in [4.78, 5) is 48.9. The Morgan fingerprint density at radius 1 is 1.00 bits per heavy atom. The second-order valence-electron chi connectivity index (χ2n) is 12.9. The normalized spacial score (nSPS) is 27.7. The Morgan fingerprint density at radius 3 is 2.18 bits per heavy atom. The summed E-state index contributed by atoms with van der Waals surface area (Å²) in [5, 5.41) is 10.7. The van der Waals surface area contributed by atoms with E-state index < -0.39 is 35.1 Å². The van der Waals surface area contributed by atoms with Gasteiger partial charge in [0, 0.05) is 25.7 Å². The Labute approximate surface area is 261 Å². The van der Waals surface area contributed by atoms with Crippen molar-refractivity contribution in [1.82, 2.24) is 14.7 Å². The summed E-state index contributed by atoms with van der Waals surface area (Å²) < 4.78 is 6.88.